The monoisotopic (exact) mass is 272 g/mol. The van der Waals surface area contributed by atoms with Crippen LogP contribution in [-0.4, -0.2) is 24.8 Å². The summed E-state index contributed by atoms with van der Waals surface area (Å²) in [4.78, 5) is 11.0. The minimum absolute atomic E-state index is 0.205. The number of hydrogen-bond acceptors (Lipinski definition) is 3. The molecule has 1 aliphatic heterocycles. The van der Waals surface area contributed by atoms with E-state index in [1.54, 1.807) is 0 Å². The molecule has 0 spiro atoms. The zero-order valence-electron chi connectivity index (χ0n) is 8.04. The number of carboxylic acids is 1. The average Bonchev–Trinajstić information content (AvgIpc) is 2.67. The van der Waals surface area contributed by atoms with E-state index in [0.717, 1.165) is 5.56 Å². The highest BCUT2D eigenvalue weighted by atomic mass is 79.9. The van der Waals surface area contributed by atoms with Crippen LogP contribution in [0.2, 0.25) is 0 Å². The highest BCUT2D eigenvalue weighted by Crippen LogP contribution is 2.42. The molecule has 1 N–H and O–H groups in total. The SMILES string of the molecule is COc1cc(C(=O)O)c(Br)c2c1OCC2. The molecule has 0 aromatic heterocycles. The van der Waals surface area contributed by atoms with Crippen molar-refractivity contribution in [3.8, 4) is 11.5 Å². The molecule has 4 nitrogen and oxygen atoms in total. The number of rotatable bonds is 2. The van der Waals surface area contributed by atoms with Crippen LogP contribution in [0, 0.1) is 0 Å². The van der Waals surface area contributed by atoms with Gasteiger partial charge in [-0.2, -0.15) is 0 Å². The first kappa shape index (κ1) is 10.3. The molecule has 0 amide bonds. The molecule has 0 saturated heterocycles. The minimum Gasteiger partial charge on any atom is -0.493 e. The van der Waals surface area contributed by atoms with Gasteiger partial charge >= 0.3 is 5.97 Å². The summed E-state index contributed by atoms with van der Waals surface area (Å²) < 4.78 is 11.1. The number of fused-ring (bicyclic) bond motifs is 1. The van der Waals surface area contributed by atoms with E-state index in [1.165, 1.54) is 13.2 Å². The third kappa shape index (κ3) is 1.56. The maximum atomic E-state index is 11.0. The first-order valence-electron chi connectivity index (χ1n) is 4.40. The molecule has 0 bridgehead atoms. The topological polar surface area (TPSA) is 55.8 Å². The summed E-state index contributed by atoms with van der Waals surface area (Å²) in [5.74, 6) is 0.146. The number of ether oxygens (including phenoxy) is 2. The van der Waals surface area contributed by atoms with Crippen molar-refractivity contribution < 1.29 is 19.4 Å². The van der Waals surface area contributed by atoms with Crippen molar-refractivity contribution in [3.05, 3.63) is 21.7 Å². The summed E-state index contributed by atoms with van der Waals surface area (Å²) in [6.45, 7) is 0.563. The van der Waals surface area contributed by atoms with E-state index in [2.05, 4.69) is 15.9 Å². The standard InChI is InChI=1S/C10H9BrO4/c1-14-7-4-6(10(12)13)8(11)5-2-3-15-9(5)7/h4H,2-3H2,1H3,(H,12,13). The lowest BCUT2D eigenvalue weighted by molar-refractivity contribution is 0.0695. The molecule has 15 heavy (non-hydrogen) atoms. The van der Waals surface area contributed by atoms with E-state index in [9.17, 15) is 4.79 Å². The van der Waals surface area contributed by atoms with Gasteiger partial charge < -0.3 is 14.6 Å². The second-order valence-corrected chi connectivity index (χ2v) is 3.94. The molecule has 1 aromatic carbocycles. The Morgan fingerprint density at radius 1 is 1.67 bits per heavy atom. The Hall–Kier alpha value is -1.23. The largest absolute Gasteiger partial charge is 0.493 e. The fourth-order valence-electron chi connectivity index (χ4n) is 1.61. The number of methoxy groups -OCH3 is 1. The van der Waals surface area contributed by atoms with Gasteiger partial charge in [0.1, 0.15) is 0 Å². The summed E-state index contributed by atoms with van der Waals surface area (Å²) in [6, 6.07) is 1.47. The minimum atomic E-state index is -0.977. The number of benzene rings is 1. The first-order chi connectivity index (χ1) is 7.15. The third-order valence-electron chi connectivity index (χ3n) is 2.32. The van der Waals surface area contributed by atoms with Crippen molar-refractivity contribution in [2.24, 2.45) is 0 Å². The van der Waals surface area contributed by atoms with E-state index in [1.807, 2.05) is 0 Å². The summed E-state index contributed by atoms with van der Waals surface area (Å²) in [7, 11) is 1.50. The number of carbonyl (C=O) groups is 1. The van der Waals surface area contributed by atoms with Crippen LogP contribution in [0.3, 0.4) is 0 Å². The smallest absolute Gasteiger partial charge is 0.336 e. The normalized spacial score (nSPS) is 13.2. The Morgan fingerprint density at radius 2 is 2.40 bits per heavy atom. The number of carboxylic acid groups (broad SMARTS) is 1. The molecule has 0 atom stereocenters. The fourth-order valence-corrected chi connectivity index (χ4v) is 2.28. The molecule has 1 aromatic rings. The molecular formula is C10H9BrO4. The molecule has 2 rings (SSSR count). The molecule has 0 unspecified atom stereocenters. The maximum Gasteiger partial charge on any atom is 0.336 e. The predicted octanol–water partition coefficient (Wildman–Crippen LogP) is 2.09. The van der Waals surface area contributed by atoms with Gasteiger partial charge in [0.25, 0.3) is 0 Å². The highest BCUT2D eigenvalue weighted by molar-refractivity contribution is 9.10. The Kier molecular flexibility index (Phi) is 2.56. The van der Waals surface area contributed by atoms with Crippen LogP contribution in [0.25, 0.3) is 0 Å². The second-order valence-electron chi connectivity index (χ2n) is 3.15. The van der Waals surface area contributed by atoms with Crippen LogP contribution < -0.4 is 9.47 Å². The molecule has 1 aliphatic rings. The van der Waals surface area contributed by atoms with Gasteiger partial charge in [-0.05, 0) is 22.0 Å². The second kappa shape index (κ2) is 3.73. The molecule has 0 fully saturated rings. The van der Waals surface area contributed by atoms with Crippen LogP contribution >= 0.6 is 15.9 Å². The number of hydrogen-bond donors (Lipinski definition) is 1. The van der Waals surface area contributed by atoms with Crippen molar-refractivity contribution >= 4 is 21.9 Å². The van der Waals surface area contributed by atoms with E-state index >= 15 is 0 Å². The van der Waals surface area contributed by atoms with Crippen molar-refractivity contribution in [2.75, 3.05) is 13.7 Å². The van der Waals surface area contributed by atoms with E-state index in [4.69, 9.17) is 14.6 Å². The first-order valence-corrected chi connectivity index (χ1v) is 5.20. The molecule has 1 heterocycles. The van der Waals surface area contributed by atoms with Gasteiger partial charge in [-0.1, -0.05) is 0 Å². The van der Waals surface area contributed by atoms with Crippen molar-refractivity contribution in [1.29, 1.82) is 0 Å². The quantitative estimate of drug-likeness (QED) is 0.896. The van der Waals surface area contributed by atoms with Gasteiger partial charge in [-0.15, -0.1) is 0 Å². The molecule has 5 heteroatoms. The Bertz CT molecular complexity index is 428. The average molecular weight is 273 g/mol. The van der Waals surface area contributed by atoms with Crippen molar-refractivity contribution in [1.82, 2.24) is 0 Å². The lowest BCUT2D eigenvalue weighted by atomic mass is 10.1. The summed E-state index contributed by atoms with van der Waals surface area (Å²) in [6.07, 6.45) is 0.702. The Labute approximate surface area is 94.9 Å². The number of aromatic carboxylic acids is 1. The van der Waals surface area contributed by atoms with Crippen LogP contribution in [0.15, 0.2) is 10.5 Å². The molecule has 80 valence electrons. The van der Waals surface area contributed by atoms with E-state index in [0.29, 0.717) is 29.0 Å². The van der Waals surface area contributed by atoms with Gasteiger partial charge in [-0.25, -0.2) is 4.79 Å². The van der Waals surface area contributed by atoms with Crippen LogP contribution in [-0.2, 0) is 6.42 Å². The summed E-state index contributed by atoms with van der Waals surface area (Å²) in [5.41, 5.74) is 1.07. The van der Waals surface area contributed by atoms with Gasteiger partial charge in [0, 0.05) is 16.5 Å². The van der Waals surface area contributed by atoms with Gasteiger partial charge in [-0.3, -0.25) is 0 Å². The molecule has 0 aliphatic carbocycles. The predicted molar refractivity (Wildman–Crippen MR) is 56.9 cm³/mol. The zero-order valence-corrected chi connectivity index (χ0v) is 9.63. The maximum absolute atomic E-state index is 11.0. The van der Waals surface area contributed by atoms with Crippen LogP contribution in [0.1, 0.15) is 15.9 Å². The van der Waals surface area contributed by atoms with Crippen LogP contribution in [0.4, 0.5) is 0 Å². The Balaban J connectivity index is 2.66. The number of halogens is 1. The third-order valence-corrected chi connectivity index (χ3v) is 3.23. The van der Waals surface area contributed by atoms with E-state index in [-0.39, 0.29) is 5.56 Å². The van der Waals surface area contributed by atoms with Gasteiger partial charge in [0.2, 0.25) is 0 Å². The lowest BCUT2D eigenvalue weighted by Crippen LogP contribution is -2.01. The molecule has 0 saturated carbocycles. The van der Waals surface area contributed by atoms with Crippen molar-refractivity contribution in [2.45, 2.75) is 6.42 Å². The van der Waals surface area contributed by atoms with E-state index < -0.39 is 5.97 Å². The fraction of sp³-hybridized carbons (Fsp3) is 0.300. The van der Waals surface area contributed by atoms with Gasteiger partial charge in [0.05, 0.1) is 19.3 Å². The van der Waals surface area contributed by atoms with Gasteiger partial charge in [0.15, 0.2) is 11.5 Å². The summed E-state index contributed by atoms with van der Waals surface area (Å²) in [5, 5.41) is 8.99. The zero-order chi connectivity index (χ0) is 11.0. The lowest BCUT2D eigenvalue weighted by Gasteiger charge is -2.10. The molecule has 0 radical (unpaired) electrons. The highest BCUT2D eigenvalue weighted by Gasteiger charge is 2.25. The summed E-state index contributed by atoms with van der Waals surface area (Å²) >= 11 is 3.28. The van der Waals surface area contributed by atoms with Crippen LogP contribution in [0.5, 0.6) is 11.5 Å². The Morgan fingerprint density at radius 3 is 3.00 bits per heavy atom. The van der Waals surface area contributed by atoms with Crippen molar-refractivity contribution in [3.63, 3.8) is 0 Å². The molecular weight excluding hydrogens is 264 g/mol.